The number of aromatic nitrogens is 2. The maximum absolute atomic E-state index is 12.5. The van der Waals surface area contributed by atoms with Crippen molar-refractivity contribution in [2.45, 2.75) is 20.0 Å². The molecule has 1 amide bonds. The van der Waals surface area contributed by atoms with Gasteiger partial charge in [-0.2, -0.15) is 13.2 Å². The molecule has 134 valence electrons. The van der Waals surface area contributed by atoms with E-state index in [-0.39, 0.29) is 17.7 Å². The van der Waals surface area contributed by atoms with Crippen LogP contribution in [-0.4, -0.2) is 40.0 Å². The van der Waals surface area contributed by atoms with Crippen LogP contribution in [0.4, 0.5) is 13.2 Å². The molecule has 1 aromatic heterocycles. The highest BCUT2D eigenvalue weighted by molar-refractivity contribution is 5.94. The third-order valence-corrected chi connectivity index (χ3v) is 3.59. The SMILES string of the molecule is CCN(CC(F)(F)F)C(=O)c1ccc(-c2c(C)[nH]c(=O)[nH]c2=O)cc1. The summed E-state index contributed by atoms with van der Waals surface area (Å²) in [5.41, 5.74) is -0.142. The van der Waals surface area contributed by atoms with Crippen LogP contribution in [0.3, 0.4) is 0 Å². The maximum atomic E-state index is 12.5. The summed E-state index contributed by atoms with van der Waals surface area (Å²) in [5, 5.41) is 0. The molecule has 2 rings (SSSR count). The average molecular weight is 355 g/mol. The number of aromatic amines is 2. The number of carbonyl (C=O) groups is 1. The number of hydrogen-bond donors (Lipinski definition) is 2. The van der Waals surface area contributed by atoms with E-state index in [0.717, 1.165) is 0 Å². The van der Waals surface area contributed by atoms with E-state index in [1.807, 2.05) is 0 Å². The van der Waals surface area contributed by atoms with E-state index < -0.39 is 29.9 Å². The van der Waals surface area contributed by atoms with Crippen LogP contribution in [0.25, 0.3) is 11.1 Å². The monoisotopic (exact) mass is 355 g/mol. The number of carbonyl (C=O) groups excluding carboxylic acids is 1. The number of H-pyrrole nitrogens is 2. The van der Waals surface area contributed by atoms with Crippen molar-refractivity contribution in [1.82, 2.24) is 14.9 Å². The van der Waals surface area contributed by atoms with E-state index in [2.05, 4.69) is 9.97 Å². The van der Waals surface area contributed by atoms with Gasteiger partial charge in [0.05, 0.1) is 5.56 Å². The van der Waals surface area contributed by atoms with Gasteiger partial charge >= 0.3 is 11.9 Å². The normalized spacial score (nSPS) is 11.4. The molecule has 2 N–H and O–H groups in total. The molecule has 0 aliphatic heterocycles. The van der Waals surface area contributed by atoms with Crippen LogP contribution >= 0.6 is 0 Å². The van der Waals surface area contributed by atoms with Crippen molar-refractivity contribution < 1.29 is 18.0 Å². The molecule has 0 bridgehead atoms. The van der Waals surface area contributed by atoms with Gasteiger partial charge < -0.3 is 9.88 Å². The Hall–Kier alpha value is -2.84. The lowest BCUT2D eigenvalue weighted by molar-refractivity contribution is -0.140. The molecule has 9 heteroatoms. The maximum Gasteiger partial charge on any atom is 0.406 e. The lowest BCUT2D eigenvalue weighted by Crippen LogP contribution is -2.38. The van der Waals surface area contributed by atoms with E-state index in [4.69, 9.17) is 0 Å². The Kier molecular flexibility index (Phi) is 5.15. The van der Waals surface area contributed by atoms with Crippen molar-refractivity contribution in [1.29, 1.82) is 0 Å². The highest BCUT2D eigenvalue weighted by Gasteiger charge is 2.32. The van der Waals surface area contributed by atoms with Gasteiger partial charge in [-0.1, -0.05) is 12.1 Å². The lowest BCUT2D eigenvalue weighted by atomic mass is 10.0. The van der Waals surface area contributed by atoms with E-state index in [9.17, 15) is 27.6 Å². The Labute approximate surface area is 140 Å². The zero-order chi connectivity index (χ0) is 18.8. The topological polar surface area (TPSA) is 86.0 Å². The average Bonchev–Trinajstić information content (AvgIpc) is 2.51. The van der Waals surface area contributed by atoms with Crippen LogP contribution in [0, 0.1) is 6.92 Å². The highest BCUT2D eigenvalue weighted by Crippen LogP contribution is 2.21. The highest BCUT2D eigenvalue weighted by atomic mass is 19.4. The summed E-state index contributed by atoms with van der Waals surface area (Å²) in [5.74, 6) is -0.751. The van der Waals surface area contributed by atoms with E-state index >= 15 is 0 Å². The first-order valence-electron chi connectivity index (χ1n) is 7.42. The summed E-state index contributed by atoms with van der Waals surface area (Å²) in [6.07, 6.45) is -4.48. The molecule has 0 fully saturated rings. The predicted molar refractivity (Wildman–Crippen MR) is 85.5 cm³/mol. The second kappa shape index (κ2) is 6.96. The Bertz CT molecular complexity index is 882. The van der Waals surface area contributed by atoms with Crippen molar-refractivity contribution in [3.63, 3.8) is 0 Å². The minimum Gasteiger partial charge on any atom is -0.330 e. The lowest BCUT2D eigenvalue weighted by Gasteiger charge is -2.22. The molecule has 0 atom stereocenters. The second-order valence-electron chi connectivity index (χ2n) is 5.42. The van der Waals surface area contributed by atoms with Gasteiger partial charge in [-0.25, -0.2) is 4.79 Å². The fraction of sp³-hybridized carbons (Fsp3) is 0.312. The standard InChI is InChI=1S/C16H16F3N3O3/c1-3-22(8-16(17,18)19)14(24)11-6-4-10(5-7-11)12-9(2)20-15(25)21-13(12)23/h4-7H,3,8H2,1-2H3,(H2,20,21,23,25). The molecule has 25 heavy (non-hydrogen) atoms. The fourth-order valence-corrected chi connectivity index (χ4v) is 2.45. The van der Waals surface area contributed by atoms with Crippen molar-refractivity contribution >= 4 is 5.91 Å². The molecule has 6 nitrogen and oxygen atoms in total. The molecule has 0 spiro atoms. The number of rotatable bonds is 4. The molecule has 1 aromatic carbocycles. The van der Waals surface area contributed by atoms with Crippen LogP contribution in [-0.2, 0) is 0 Å². The number of nitrogens with one attached hydrogen (secondary N) is 2. The van der Waals surface area contributed by atoms with Gasteiger partial charge in [-0.3, -0.25) is 14.6 Å². The number of amides is 1. The summed E-state index contributed by atoms with van der Waals surface area (Å²) in [6, 6.07) is 5.59. The largest absolute Gasteiger partial charge is 0.406 e. The van der Waals surface area contributed by atoms with Gasteiger partial charge in [-0.15, -0.1) is 0 Å². The van der Waals surface area contributed by atoms with Crippen molar-refractivity contribution in [2.75, 3.05) is 13.1 Å². The third kappa shape index (κ3) is 4.37. The first kappa shape index (κ1) is 18.5. The zero-order valence-electron chi connectivity index (χ0n) is 13.5. The molecule has 0 saturated carbocycles. The van der Waals surface area contributed by atoms with E-state index in [1.165, 1.54) is 31.2 Å². The smallest absolute Gasteiger partial charge is 0.330 e. The van der Waals surface area contributed by atoms with Gasteiger partial charge in [-0.05, 0) is 31.5 Å². The summed E-state index contributed by atoms with van der Waals surface area (Å²) in [6.45, 7) is 1.59. The Morgan fingerprint density at radius 1 is 1.12 bits per heavy atom. The Balaban J connectivity index is 2.33. The second-order valence-corrected chi connectivity index (χ2v) is 5.42. The van der Waals surface area contributed by atoms with Crippen LogP contribution in [0.1, 0.15) is 23.0 Å². The van der Waals surface area contributed by atoms with E-state index in [0.29, 0.717) is 16.2 Å². The molecule has 0 aliphatic carbocycles. The van der Waals surface area contributed by atoms with Crippen LogP contribution < -0.4 is 11.2 Å². The van der Waals surface area contributed by atoms with Crippen molar-refractivity contribution in [3.8, 4) is 11.1 Å². The number of alkyl halides is 3. The summed E-state index contributed by atoms with van der Waals surface area (Å²) < 4.78 is 37.5. The number of nitrogens with zero attached hydrogens (tertiary/aromatic N) is 1. The number of hydrogen-bond acceptors (Lipinski definition) is 3. The summed E-state index contributed by atoms with van der Waals surface area (Å²) in [7, 11) is 0. The zero-order valence-corrected chi connectivity index (χ0v) is 13.5. The quantitative estimate of drug-likeness (QED) is 0.880. The Morgan fingerprint density at radius 2 is 1.72 bits per heavy atom. The Morgan fingerprint density at radius 3 is 2.20 bits per heavy atom. The molecule has 0 radical (unpaired) electrons. The summed E-state index contributed by atoms with van der Waals surface area (Å²) >= 11 is 0. The van der Waals surface area contributed by atoms with Crippen molar-refractivity contribution in [3.05, 3.63) is 56.4 Å². The first-order valence-corrected chi connectivity index (χ1v) is 7.42. The minimum atomic E-state index is -4.48. The minimum absolute atomic E-state index is 0.0772. The number of aryl methyl sites for hydroxylation is 1. The van der Waals surface area contributed by atoms with Gasteiger partial charge in [0, 0.05) is 17.8 Å². The molecule has 0 unspecified atom stereocenters. The molecule has 0 saturated heterocycles. The van der Waals surface area contributed by atoms with Gasteiger partial charge in [0.1, 0.15) is 6.54 Å². The molecular formula is C16H16F3N3O3. The number of halogens is 3. The van der Waals surface area contributed by atoms with Gasteiger partial charge in [0.15, 0.2) is 0 Å². The number of benzene rings is 1. The van der Waals surface area contributed by atoms with Crippen LogP contribution in [0.15, 0.2) is 33.9 Å². The van der Waals surface area contributed by atoms with Gasteiger partial charge in [0.25, 0.3) is 11.5 Å². The van der Waals surface area contributed by atoms with Crippen molar-refractivity contribution in [2.24, 2.45) is 0 Å². The van der Waals surface area contributed by atoms with E-state index in [1.54, 1.807) is 6.92 Å². The first-order chi connectivity index (χ1) is 11.6. The van der Waals surface area contributed by atoms with Crippen LogP contribution in [0.5, 0.6) is 0 Å². The molecule has 1 heterocycles. The van der Waals surface area contributed by atoms with Gasteiger partial charge in [0.2, 0.25) is 0 Å². The fourth-order valence-electron chi connectivity index (χ4n) is 2.45. The molecule has 0 aliphatic rings. The molecule has 2 aromatic rings. The van der Waals surface area contributed by atoms with Crippen LogP contribution in [0.2, 0.25) is 0 Å². The molecular weight excluding hydrogens is 339 g/mol. The third-order valence-electron chi connectivity index (χ3n) is 3.59. The summed E-state index contributed by atoms with van der Waals surface area (Å²) in [4.78, 5) is 40.6. The predicted octanol–water partition coefficient (Wildman–Crippen LogP) is 2.06.